The lowest BCUT2D eigenvalue weighted by atomic mass is 9.88. The number of phenols is 1. The van der Waals surface area contributed by atoms with Gasteiger partial charge in [-0.25, -0.2) is 0 Å². The fraction of sp³-hybridized carbons (Fsp3) is 0.278. The maximum absolute atomic E-state index is 12.1. The van der Waals surface area contributed by atoms with Gasteiger partial charge in [0, 0.05) is 6.54 Å². The third-order valence-electron chi connectivity index (χ3n) is 3.95. The monoisotopic (exact) mass is 299 g/mol. The molecule has 0 saturated heterocycles. The highest BCUT2D eigenvalue weighted by molar-refractivity contribution is 5.87. The smallest absolute Gasteiger partial charge is 0.154 e. The molecule has 2 rings (SSSR count). The molecule has 2 N–H and O–H groups in total. The average molecular weight is 299 g/mol. The largest absolute Gasteiger partial charge is 0.508 e. The van der Waals surface area contributed by atoms with Crippen LogP contribution in [0.3, 0.4) is 0 Å². The molecule has 0 bridgehead atoms. The SMILES string of the molecule is COc1ccc(CNC(C)(C(C)=O)c2ccc(O)cc2)cc1. The lowest BCUT2D eigenvalue weighted by molar-refractivity contribution is -0.123. The number of phenolic OH excluding ortho intramolecular Hbond substituents is 1. The van der Waals surface area contributed by atoms with E-state index in [-0.39, 0.29) is 11.5 Å². The summed E-state index contributed by atoms with van der Waals surface area (Å²) in [5.41, 5.74) is 1.09. The summed E-state index contributed by atoms with van der Waals surface area (Å²) in [7, 11) is 1.63. The highest BCUT2D eigenvalue weighted by Crippen LogP contribution is 2.25. The molecule has 0 heterocycles. The Kier molecular flexibility index (Phi) is 4.83. The number of ether oxygens (including phenoxy) is 1. The summed E-state index contributed by atoms with van der Waals surface area (Å²) >= 11 is 0. The third kappa shape index (κ3) is 3.46. The van der Waals surface area contributed by atoms with Gasteiger partial charge >= 0.3 is 0 Å². The number of carbonyl (C=O) groups is 1. The van der Waals surface area contributed by atoms with Crippen LogP contribution in [0.4, 0.5) is 0 Å². The van der Waals surface area contributed by atoms with Crippen LogP contribution in [0.15, 0.2) is 48.5 Å². The molecule has 0 aliphatic rings. The van der Waals surface area contributed by atoms with Crippen molar-refractivity contribution in [2.24, 2.45) is 0 Å². The number of ketones is 1. The Morgan fingerprint density at radius 2 is 1.73 bits per heavy atom. The van der Waals surface area contributed by atoms with E-state index in [4.69, 9.17) is 4.74 Å². The average Bonchev–Trinajstić information content (AvgIpc) is 2.53. The van der Waals surface area contributed by atoms with Crippen LogP contribution in [0.1, 0.15) is 25.0 Å². The van der Waals surface area contributed by atoms with E-state index in [2.05, 4.69) is 5.32 Å². The molecule has 0 spiro atoms. The van der Waals surface area contributed by atoms with Gasteiger partial charge in [-0.05, 0) is 49.2 Å². The molecule has 0 saturated carbocycles. The topological polar surface area (TPSA) is 58.6 Å². The first-order valence-electron chi connectivity index (χ1n) is 7.14. The fourth-order valence-electron chi connectivity index (χ4n) is 2.25. The van der Waals surface area contributed by atoms with E-state index in [9.17, 15) is 9.90 Å². The molecule has 0 aliphatic heterocycles. The molecule has 1 unspecified atom stereocenters. The molecule has 0 amide bonds. The third-order valence-corrected chi connectivity index (χ3v) is 3.95. The van der Waals surface area contributed by atoms with E-state index in [0.29, 0.717) is 6.54 Å². The van der Waals surface area contributed by atoms with Gasteiger partial charge in [0.15, 0.2) is 5.78 Å². The molecular weight excluding hydrogens is 278 g/mol. The summed E-state index contributed by atoms with van der Waals surface area (Å²) < 4.78 is 5.14. The maximum Gasteiger partial charge on any atom is 0.154 e. The van der Waals surface area contributed by atoms with Gasteiger partial charge in [0.2, 0.25) is 0 Å². The summed E-state index contributed by atoms with van der Waals surface area (Å²) in [5.74, 6) is 1.01. The van der Waals surface area contributed by atoms with E-state index >= 15 is 0 Å². The minimum absolute atomic E-state index is 0.0201. The molecule has 116 valence electrons. The normalized spacial score (nSPS) is 13.4. The van der Waals surface area contributed by atoms with Crippen LogP contribution in [-0.2, 0) is 16.9 Å². The quantitative estimate of drug-likeness (QED) is 0.861. The van der Waals surface area contributed by atoms with Crippen molar-refractivity contribution in [3.8, 4) is 11.5 Å². The van der Waals surface area contributed by atoms with E-state index in [1.807, 2.05) is 31.2 Å². The molecule has 0 aliphatic carbocycles. The number of hydrogen-bond acceptors (Lipinski definition) is 4. The number of aromatic hydroxyl groups is 1. The summed E-state index contributed by atoms with van der Waals surface area (Å²) in [6, 6.07) is 14.4. The number of hydrogen-bond donors (Lipinski definition) is 2. The van der Waals surface area contributed by atoms with Crippen molar-refractivity contribution in [1.29, 1.82) is 0 Å². The van der Waals surface area contributed by atoms with Crippen LogP contribution in [0.5, 0.6) is 11.5 Å². The molecule has 0 aromatic heterocycles. The maximum atomic E-state index is 12.1. The van der Waals surface area contributed by atoms with Crippen molar-refractivity contribution in [2.75, 3.05) is 7.11 Å². The number of Topliss-reactive ketones (excluding diaryl/α,β-unsaturated/α-hetero) is 1. The van der Waals surface area contributed by atoms with Crippen LogP contribution in [0.2, 0.25) is 0 Å². The molecule has 0 fully saturated rings. The predicted octanol–water partition coefficient (Wildman–Crippen LogP) is 2.99. The van der Waals surface area contributed by atoms with Crippen LogP contribution >= 0.6 is 0 Å². The lowest BCUT2D eigenvalue weighted by Crippen LogP contribution is -2.45. The number of rotatable bonds is 6. The molecular formula is C18H21NO3. The molecule has 2 aromatic rings. The number of nitrogens with one attached hydrogen (secondary N) is 1. The van der Waals surface area contributed by atoms with Gasteiger partial charge < -0.3 is 9.84 Å². The first-order valence-corrected chi connectivity index (χ1v) is 7.14. The van der Waals surface area contributed by atoms with Crippen molar-refractivity contribution in [2.45, 2.75) is 25.9 Å². The Morgan fingerprint density at radius 1 is 1.14 bits per heavy atom. The molecule has 0 radical (unpaired) electrons. The van der Waals surface area contributed by atoms with E-state index in [1.165, 1.54) is 0 Å². The predicted molar refractivity (Wildman–Crippen MR) is 86.0 cm³/mol. The summed E-state index contributed by atoms with van der Waals surface area (Å²) in [6.07, 6.45) is 0. The molecule has 1 atom stereocenters. The lowest BCUT2D eigenvalue weighted by Gasteiger charge is -2.29. The zero-order valence-electron chi connectivity index (χ0n) is 13.1. The zero-order chi connectivity index (χ0) is 16.2. The second-order valence-electron chi connectivity index (χ2n) is 5.43. The molecule has 2 aromatic carbocycles. The van der Waals surface area contributed by atoms with Gasteiger partial charge in [-0.1, -0.05) is 24.3 Å². The van der Waals surface area contributed by atoms with Crippen LogP contribution in [0.25, 0.3) is 0 Å². The van der Waals surface area contributed by atoms with E-state index in [0.717, 1.165) is 16.9 Å². The summed E-state index contributed by atoms with van der Waals surface area (Å²) in [4.78, 5) is 12.1. The number of benzene rings is 2. The second-order valence-corrected chi connectivity index (χ2v) is 5.43. The minimum Gasteiger partial charge on any atom is -0.508 e. The number of carbonyl (C=O) groups excluding carboxylic acids is 1. The second kappa shape index (κ2) is 6.62. The van der Waals surface area contributed by atoms with Gasteiger partial charge in [0.1, 0.15) is 11.5 Å². The zero-order valence-corrected chi connectivity index (χ0v) is 13.1. The summed E-state index contributed by atoms with van der Waals surface area (Å²) in [6.45, 7) is 3.97. The van der Waals surface area contributed by atoms with Crippen molar-refractivity contribution < 1.29 is 14.6 Å². The van der Waals surface area contributed by atoms with Crippen molar-refractivity contribution in [3.05, 3.63) is 59.7 Å². The Balaban J connectivity index is 2.17. The van der Waals surface area contributed by atoms with Gasteiger partial charge in [0.05, 0.1) is 12.6 Å². The van der Waals surface area contributed by atoms with Crippen molar-refractivity contribution in [1.82, 2.24) is 5.32 Å². The molecule has 22 heavy (non-hydrogen) atoms. The van der Waals surface area contributed by atoms with Crippen molar-refractivity contribution in [3.63, 3.8) is 0 Å². The Labute approximate surface area is 130 Å². The highest BCUT2D eigenvalue weighted by atomic mass is 16.5. The van der Waals surface area contributed by atoms with Crippen LogP contribution in [0, 0.1) is 0 Å². The van der Waals surface area contributed by atoms with Crippen molar-refractivity contribution >= 4 is 5.78 Å². The van der Waals surface area contributed by atoms with E-state index in [1.54, 1.807) is 38.3 Å². The first kappa shape index (κ1) is 16.0. The van der Waals surface area contributed by atoms with Crippen LogP contribution in [-0.4, -0.2) is 18.0 Å². The van der Waals surface area contributed by atoms with Crippen LogP contribution < -0.4 is 10.1 Å². The van der Waals surface area contributed by atoms with Gasteiger partial charge in [-0.3, -0.25) is 10.1 Å². The minimum atomic E-state index is -0.798. The molecule has 4 heteroatoms. The Bertz CT molecular complexity index is 634. The standard InChI is InChI=1S/C18H21NO3/c1-13(20)18(2,15-6-8-16(21)9-7-15)19-12-14-4-10-17(22-3)11-5-14/h4-11,19,21H,12H2,1-3H3. The van der Waals surface area contributed by atoms with Gasteiger partial charge in [0.25, 0.3) is 0 Å². The highest BCUT2D eigenvalue weighted by Gasteiger charge is 2.31. The summed E-state index contributed by atoms with van der Waals surface area (Å²) in [5, 5.41) is 12.7. The number of methoxy groups -OCH3 is 1. The Morgan fingerprint density at radius 3 is 2.23 bits per heavy atom. The van der Waals surface area contributed by atoms with E-state index < -0.39 is 5.54 Å². The Hall–Kier alpha value is -2.33. The van der Waals surface area contributed by atoms with Gasteiger partial charge in [-0.2, -0.15) is 0 Å². The van der Waals surface area contributed by atoms with Gasteiger partial charge in [-0.15, -0.1) is 0 Å². The molecule has 4 nitrogen and oxygen atoms in total. The first-order chi connectivity index (χ1) is 10.5. The fourth-order valence-corrected chi connectivity index (χ4v) is 2.25.